The van der Waals surface area contributed by atoms with Gasteiger partial charge in [-0.15, -0.1) is 0 Å². The van der Waals surface area contributed by atoms with Gasteiger partial charge in [-0.25, -0.2) is 4.79 Å². The van der Waals surface area contributed by atoms with Gasteiger partial charge in [-0.1, -0.05) is 44.0 Å². The number of aromatic amines is 2. The highest BCUT2D eigenvalue weighted by atomic mass is 79.9. The monoisotopic (exact) mass is 606 g/mol. The van der Waals surface area contributed by atoms with Crippen molar-refractivity contribution < 1.29 is 24.6 Å². The SMILES string of the molecule is NCCc1c[nH]c2cc(Br)ccc12.O=C(O)C1NCCc2c1[nH]c1cc(Br)ccc21.O=CC(=O)O. The van der Waals surface area contributed by atoms with Crippen LogP contribution in [0.1, 0.15) is 22.9 Å². The molecular weight excluding hydrogens is 584 g/mol. The van der Waals surface area contributed by atoms with E-state index in [0.29, 0.717) is 13.1 Å². The minimum atomic E-state index is -1.43. The van der Waals surface area contributed by atoms with Crippen LogP contribution in [0.3, 0.4) is 0 Å². The minimum absolute atomic E-state index is 0.167. The van der Waals surface area contributed by atoms with Crippen LogP contribution in [0.5, 0.6) is 0 Å². The summed E-state index contributed by atoms with van der Waals surface area (Å²) in [6, 6.07) is 11.6. The average molecular weight is 608 g/mol. The van der Waals surface area contributed by atoms with Crippen molar-refractivity contribution in [3.05, 3.63) is 68.4 Å². The Labute approximate surface area is 217 Å². The lowest BCUT2D eigenvalue weighted by molar-refractivity contribution is -0.143. The molecule has 0 aliphatic carbocycles. The Balaban J connectivity index is 0.000000169. The third-order valence-corrected chi connectivity index (χ3v) is 6.39. The van der Waals surface area contributed by atoms with Gasteiger partial charge < -0.3 is 25.9 Å². The second kappa shape index (κ2) is 12.1. The predicted octanol–water partition coefficient (Wildman–Crippen LogP) is 3.90. The third-order valence-electron chi connectivity index (χ3n) is 5.40. The maximum absolute atomic E-state index is 11.2. The van der Waals surface area contributed by atoms with Gasteiger partial charge in [0.2, 0.25) is 6.29 Å². The quantitative estimate of drug-likeness (QED) is 0.151. The average Bonchev–Trinajstić information content (AvgIpc) is 3.40. The van der Waals surface area contributed by atoms with Gasteiger partial charge in [-0.2, -0.15) is 0 Å². The molecule has 0 amide bonds. The fourth-order valence-corrected chi connectivity index (χ4v) is 4.66. The molecule has 0 saturated heterocycles. The molecule has 5 rings (SSSR count). The number of fused-ring (bicyclic) bond motifs is 4. The number of hydrogen-bond acceptors (Lipinski definition) is 5. The van der Waals surface area contributed by atoms with Crippen molar-refractivity contribution in [3.63, 3.8) is 0 Å². The number of nitrogens with one attached hydrogen (secondary N) is 3. The molecule has 1 aliphatic heterocycles. The van der Waals surface area contributed by atoms with E-state index in [2.05, 4.69) is 65.3 Å². The summed E-state index contributed by atoms with van der Waals surface area (Å²) < 4.78 is 2.09. The number of carboxylic acids is 2. The summed E-state index contributed by atoms with van der Waals surface area (Å²) in [6.45, 7) is 1.40. The fraction of sp³-hybridized carbons (Fsp3) is 0.208. The van der Waals surface area contributed by atoms with Crippen molar-refractivity contribution >= 4 is 71.9 Å². The third kappa shape index (κ3) is 6.57. The zero-order valence-corrected chi connectivity index (χ0v) is 21.6. The lowest BCUT2D eigenvalue weighted by atomic mass is 9.99. The Morgan fingerprint density at radius 1 is 1.06 bits per heavy atom. The van der Waals surface area contributed by atoms with Gasteiger partial charge in [-0.3, -0.25) is 14.9 Å². The minimum Gasteiger partial charge on any atom is -0.480 e. The van der Waals surface area contributed by atoms with Crippen LogP contribution in [0.15, 0.2) is 51.5 Å². The molecule has 1 atom stereocenters. The smallest absolute Gasteiger partial charge is 0.368 e. The molecule has 1 unspecified atom stereocenters. The molecule has 2 aromatic carbocycles. The number of nitrogens with two attached hydrogens (primary N) is 1. The van der Waals surface area contributed by atoms with Crippen molar-refractivity contribution in [2.75, 3.05) is 13.1 Å². The van der Waals surface area contributed by atoms with E-state index in [1.807, 2.05) is 24.4 Å². The number of aldehydes is 1. The Kier molecular flexibility index (Phi) is 9.21. The van der Waals surface area contributed by atoms with Crippen LogP contribution in [0.4, 0.5) is 0 Å². The number of carboxylic acid groups (broad SMARTS) is 2. The van der Waals surface area contributed by atoms with E-state index in [-0.39, 0.29) is 6.29 Å². The van der Waals surface area contributed by atoms with E-state index in [1.165, 1.54) is 10.9 Å². The predicted molar refractivity (Wildman–Crippen MR) is 141 cm³/mol. The lowest BCUT2D eigenvalue weighted by Crippen LogP contribution is -2.34. The number of hydrogen-bond donors (Lipinski definition) is 6. The van der Waals surface area contributed by atoms with Crippen molar-refractivity contribution in [2.45, 2.75) is 18.9 Å². The Bertz CT molecular complexity index is 1360. The van der Waals surface area contributed by atoms with E-state index in [4.69, 9.17) is 20.4 Å². The second-order valence-electron chi connectivity index (χ2n) is 7.68. The number of aromatic nitrogens is 2. The van der Waals surface area contributed by atoms with Crippen molar-refractivity contribution in [3.8, 4) is 0 Å². The first kappa shape index (κ1) is 26.6. The molecule has 7 N–H and O–H groups in total. The van der Waals surface area contributed by atoms with Crippen LogP contribution in [0.25, 0.3) is 21.8 Å². The van der Waals surface area contributed by atoms with E-state index >= 15 is 0 Å². The topological polar surface area (TPSA) is 161 Å². The van der Waals surface area contributed by atoms with Gasteiger partial charge >= 0.3 is 11.9 Å². The summed E-state index contributed by atoms with van der Waals surface area (Å²) in [7, 11) is 0. The summed E-state index contributed by atoms with van der Waals surface area (Å²) in [5.41, 5.74) is 10.9. The maximum atomic E-state index is 11.2. The van der Waals surface area contributed by atoms with E-state index in [1.54, 1.807) is 0 Å². The molecule has 9 nitrogen and oxygen atoms in total. The highest BCUT2D eigenvalue weighted by molar-refractivity contribution is 9.10. The highest BCUT2D eigenvalue weighted by Gasteiger charge is 2.28. The van der Waals surface area contributed by atoms with Gasteiger partial charge in [0.25, 0.3) is 0 Å². The van der Waals surface area contributed by atoms with Crippen molar-refractivity contribution in [1.82, 2.24) is 15.3 Å². The largest absolute Gasteiger partial charge is 0.480 e. The first-order valence-corrected chi connectivity index (χ1v) is 12.2. The Morgan fingerprint density at radius 3 is 2.29 bits per heavy atom. The molecule has 0 radical (unpaired) electrons. The fourth-order valence-electron chi connectivity index (χ4n) is 3.94. The number of carbonyl (C=O) groups is 3. The summed E-state index contributed by atoms with van der Waals surface area (Å²) in [5, 5.41) is 21.9. The van der Waals surface area contributed by atoms with Gasteiger partial charge in [0, 0.05) is 49.2 Å². The summed E-state index contributed by atoms with van der Waals surface area (Å²) in [4.78, 5) is 35.5. The van der Waals surface area contributed by atoms with E-state index in [9.17, 15) is 9.90 Å². The van der Waals surface area contributed by atoms with Gasteiger partial charge in [0.1, 0.15) is 6.04 Å². The van der Waals surface area contributed by atoms with E-state index < -0.39 is 18.0 Å². The number of carbonyl (C=O) groups excluding carboxylic acids is 1. The molecular formula is C24H24Br2N4O5. The molecule has 184 valence electrons. The van der Waals surface area contributed by atoms with Gasteiger partial charge in [0.15, 0.2) is 0 Å². The standard InChI is InChI=1S/C12H11BrN2O2.C10H11BrN2.C2H2O3/c13-6-1-2-7-8-3-4-14-11(12(16)17)10(8)15-9(7)5-6;11-8-1-2-9-7(3-4-12)6-13-10(9)5-8;3-1-2(4)5/h1-2,5,11,14-15H,3-4H2,(H,16,17);1-2,5-6,13H,3-4,12H2;1H,(H,4,5). The Morgan fingerprint density at radius 2 is 1.69 bits per heavy atom. The summed E-state index contributed by atoms with van der Waals surface area (Å²) >= 11 is 6.85. The van der Waals surface area contributed by atoms with Crippen LogP contribution in [-0.2, 0) is 27.2 Å². The van der Waals surface area contributed by atoms with Crippen LogP contribution >= 0.6 is 31.9 Å². The maximum Gasteiger partial charge on any atom is 0.368 e. The first-order valence-electron chi connectivity index (χ1n) is 10.6. The van der Waals surface area contributed by atoms with Crippen LogP contribution in [0.2, 0.25) is 0 Å². The molecule has 0 bridgehead atoms. The number of benzene rings is 2. The van der Waals surface area contributed by atoms with E-state index in [0.717, 1.165) is 49.5 Å². The molecule has 2 aromatic heterocycles. The van der Waals surface area contributed by atoms with Crippen molar-refractivity contribution in [2.24, 2.45) is 5.73 Å². The molecule has 1 aliphatic rings. The normalized spacial score (nSPS) is 14.3. The number of halogens is 2. The molecule has 11 heteroatoms. The number of H-pyrrole nitrogens is 2. The molecule has 4 aromatic rings. The molecule has 35 heavy (non-hydrogen) atoms. The first-order chi connectivity index (χ1) is 16.7. The van der Waals surface area contributed by atoms with Crippen LogP contribution in [0, 0.1) is 0 Å². The molecule has 0 fully saturated rings. The van der Waals surface area contributed by atoms with Crippen LogP contribution < -0.4 is 11.1 Å². The number of aliphatic carboxylic acids is 2. The Hall–Kier alpha value is -2.99. The van der Waals surface area contributed by atoms with Crippen molar-refractivity contribution in [1.29, 1.82) is 0 Å². The second-order valence-corrected chi connectivity index (χ2v) is 9.51. The zero-order chi connectivity index (χ0) is 25.5. The highest BCUT2D eigenvalue weighted by Crippen LogP contribution is 2.31. The van der Waals surface area contributed by atoms with Gasteiger partial charge in [-0.05, 0) is 54.8 Å². The summed E-state index contributed by atoms with van der Waals surface area (Å²) in [6.07, 6.45) is 3.66. The number of rotatable bonds is 4. The van der Waals surface area contributed by atoms with Crippen LogP contribution in [-0.4, -0.2) is 51.5 Å². The molecule has 0 saturated carbocycles. The lowest BCUT2D eigenvalue weighted by Gasteiger charge is -2.20. The molecule has 0 spiro atoms. The molecule has 3 heterocycles. The van der Waals surface area contributed by atoms with Gasteiger partial charge in [0.05, 0.1) is 0 Å². The zero-order valence-electron chi connectivity index (χ0n) is 18.5. The summed E-state index contributed by atoms with van der Waals surface area (Å²) in [5.74, 6) is -2.26.